The number of nitrogens with zero attached hydrogens (tertiary/aromatic N) is 1. The van der Waals surface area contributed by atoms with Crippen molar-refractivity contribution in [1.82, 2.24) is 10.2 Å². The van der Waals surface area contributed by atoms with Crippen LogP contribution in [0.1, 0.15) is 23.2 Å². The average Bonchev–Trinajstić information content (AvgIpc) is 2.28. The maximum absolute atomic E-state index is 12.8. The molecule has 1 heterocycles. The van der Waals surface area contributed by atoms with Gasteiger partial charge in [0.2, 0.25) is 0 Å². The molecule has 5 heteroatoms. The highest BCUT2D eigenvalue weighted by Gasteiger charge is 2.20. The van der Waals surface area contributed by atoms with Crippen molar-refractivity contribution in [2.24, 2.45) is 0 Å². The Hall–Kier alpha value is -1.62. The molecule has 1 aliphatic heterocycles. The lowest BCUT2D eigenvalue weighted by molar-refractivity contribution is 0.0910. The third-order valence-electron chi connectivity index (χ3n) is 3.16. The van der Waals surface area contributed by atoms with Crippen LogP contribution in [0, 0.1) is 5.82 Å². The first-order chi connectivity index (χ1) is 8.56. The fourth-order valence-electron chi connectivity index (χ4n) is 2.24. The van der Waals surface area contributed by atoms with Gasteiger partial charge in [-0.1, -0.05) is 0 Å². The maximum Gasteiger partial charge on any atom is 0.255 e. The summed E-state index contributed by atoms with van der Waals surface area (Å²) in [6, 6.07) is 3.50. The number of rotatable bonds is 2. The van der Waals surface area contributed by atoms with E-state index in [-0.39, 0.29) is 23.3 Å². The van der Waals surface area contributed by atoms with Gasteiger partial charge in [0.15, 0.2) is 0 Å². The van der Waals surface area contributed by atoms with E-state index >= 15 is 0 Å². The number of carbonyl (C=O) groups excluding carboxylic acids is 1. The third-order valence-corrected chi connectivity index (χ3v) is 3.16. The summed E-state index contributed by atoms with van der Waals surface area (Å²) in [7, 11) is 2.01. The molecular weight excluding hydrogens is 235 g/mol. The van der Waals surface area contributed by atoms with E-state index in [4.69, 9.17) is 0 Å². The predicted octanol–water partition coefficient (Wildman–Crippen LogP) is 1.36. The number of aromatic hydroxyl groups is 1. The van der Waals surface area contributed by atoms with E-state index < -0.39 is 5.82 Å². The molecule has 1 amide bonds. The zero-order chi connectivity index (χ0) is 13.1. The second-order valence-corrected chi connectivity index (χ2v) is 4.74. The van der Waals surface area contributed by atoms with Crippen molar-refractivity contribution in [2.45, 2.75) is 18.9 Å². The molecule has 0 bridgehead atoms. The monoisotopic (exact) mass is 252 g/mol. The van der Waals surface area contributed by atoms with Crippen molar-refractivity contribution in [3.8, 4) is 5.75 Å². The lowest BCUT2D eigenvalue weighted by Crippen LogP contribution is -2.46. The first-order valence-electron chi connectivity index (χ1n) is 6.04. The molecule has 1 fully saturated rings. The molecule has 2 rings (SSSR count). The smallest absolute Gasteiger partial charge is 0.255 e. The first-order valence-corrected chi connectivity index (χ1v) is 6.04. The molecule has 1 aromatic rings. The fourth-order valence-corrected chi connectivity index (χ4v) is 2.24. The Morgan fingerprint density at radius 1 is 1.56 bits per heavy atom. The number of benzene rings is 1. The van der Waals surface area contributed by atoms with Crippen LogP contribution in [0.2, 0.25) is 0 Å². The SMILES string of the molecule is CN1CCCC(NC(=O)c2ccc(F)cc2O)C1. The second-order valence-electron chi connectivity index (χ2n) is 4.74. The van der Waals surface area contributed by atoms with Crippen LogP contribution >= 0.6 is 0 Å². The van der Waals surface area contributed by atoms with Crippen LogP contribution in [-0.2, 0) is 0 Å². The second kappa shape index (κ2) is 5.35. The summed E-state index contributed by atoms with van der Waals surface area (Å²) in [4.78, 5) is 14.1. The van der Waals surface area contributed by atoms with Gasteiger partial charge in [0.05, 0.1) is 5.56 Å². The van der Waals surface area contributed by atoms with E-state index in [0.717, 1.165) is 32.0 Å². The van der Waals surface area contributed by atoms with Gasteiger partial charge in [0, 0.05) is 18.7 Å². The number of carbonyl (C=O) groups is 1. The molecular formula is C13H17FN2O2. The Kier molecular flexibility index (Phi) is 3.81. The normalized spacial score (nSPS) is 20.7. The molecule has 0 aliphatic carbocycles. The predicted molar refractivity (Wildman–Crippen MR) is 66.1 cm³/mol. The summed E-state index contributed by atoms with van der Waals surface area (Å²) in [5.41, 5.74) is 0.115. The number of phenols is 1. The Balaban J connectivity index is 2.03. The standard InChI is InChI=1S/C13H17FN2O2/c1-16-6-2-3-10(8-16)15-13(18)11-5-4-9(14)7-12(11)17/h4-5,7,10,17H,2-3,6,8H2,1H3,(H,15,18). The van der Waals surface area contributed by atoms with Crippen LogP contribution in [0.4, 0.5) is 4.39 Å². The Morgan fingerprint density at radius 3 is 3.00 bits per heavy atom. The lowest BCUT2D eigenvalue weighted by atomic mass is 10.1. The number of amides is 1. The number of likely N-dealkylation sites (N-methyl/N-ethyl adjacent to an activating group) is 1. The summed E-state index contributed by atoms with van der Waals surface area (Å²) < 4.78 is 12.8. The van der Waals surface area contributed by atoms with E-state index in [1.807, 2.05) is 7.05 Å². The number of hydrogen-bond donors (Lipinski definition) is 2. The van der Waals surface area contributed by atoms with Crippen LogP contribution in [-0.4, -0.2) is 42.1 Å². The molecule has 1 aromatic carbocycles. The largest absolute Gasteiger partial charge is 0.507 e. The summed E-state index contributed by atoms with van der Waals surface area (Å²) >= 11 is 0. The van der Waals surface area contributed by atoms with E-state index in [1.165, 1.54) is 12.1 Å². The van der Waals surface area contributed by atoms with Gasteiger partial charge >= 0.3 is 0 Å². The number of hydrogen-bond acceptors (Lipinski definition) is 3. The highest BCUT2D eigenvalue weighted by Crippen LogP contribution is 2.18. The van der Waals surface area contributed by atoms with Crippen LogP contribution in [0.3, 0.4) is 0 Å². The topological polar surface area (TPSA) is 52.6 Å². The van der Waals surface area contributed by atoms with Gasteiger partial charge in [-0.25, -0.2) is 4.39 Å². The number of nitrogens with one attached hydrogen (secondary N) is 1. The summed E-state index contributed by atoms with van der Waals surface area (Å²) in [5.74, 6) is -1.23. The van der Waals surface area contributed by atoms with Gasteiger partial charge in [-0.15, -0.1) is 0 Å². The Labute approximate surface area is 105 Å². The van der Waals surface area contributed by atoms with Crippen LogP contribution in [0.15, 0.2) is 18.2 Å². The zero-order valence-electron chi connectivity index (χ0n) is 10.3. The zero-order valence-corrected chi connectivity index (χ0v) is 10.3. The molecule has 4 nitrogen and oxygen atoms in total. The van der Waals surface area contributed by atoms with Crippen molar-refractivity contribution in [1.29, 1.82) is 0 Å². The minimum Gasteiger partial charge on any atom is -0.507 e. The van der Waals surface area contributed by atoms with Crippen LogP contribution in [0.5, 0.6) is 5.75 Å². The van der Waals surface area contributed by atoms with E-state index in [0.29, 0.717) is 0 Å². The quantitative estimate of drug-likeness (QED) is 0.835. The Bertz CT molecular complexity index is 451. The number of likely N-dealkylation sites (tertiary alicyclic amines) is 1. The Morgan fingerprint density at radius 2 is 2.33 bits per heavy atom. The number of halogens is 1. The van der Waals surface area contributed by atoms with Crippen molar-refractivity contribution < 1.29 is 14.3 Å². The number of phenolic OH excluding ortho intramolecular Hbond substituents is 1. The highest BCUT2D eigenvalue weighted by atomic mass is 19.1. The van der Waals surface area contributed by atoms with Gasteiger partial charge in [0.25, 0.3) is 5.91 Å². The minimum absolute atomic E-state index is 0.0840. The van der Waals surface area contributed by atoms with Gasteiger partial charge < -0.3 is 15.3 Å². The molecule has 1 atom stereocenters. The van der Waals surface area contributed by atoms with Crippen molar-refractivity contribution >= 4 is 5.91 Å². The van der Waals surface area contributed by atoms with E-state index in [1.54, 1.807) is 0 Å². The van der Waals surface area contributed by atoms with Gasteiger partial charge in [0.1, 0.15) is 11.6 Å². The lowest BCUT2D eigenvalue weighted by Gasteiger charge is -2.30. The molecule has 2 N–H and O–H groups in total. The van der Waals surface area contributed by atoms with Gasteiger partial charge in [-0.05, 0) is 38.6 Å². The molecule has 0 saturated carbocycles. The van der Waals surface area contributed by atoms with E-state index in [2.05, 4.69) is 10.2 Å². The van der Waals surface area contributed by atoms with E-state index in [9.17, 15) is 14.3 Å². The maximum atomic E-state index is 12.8. The highest BCUT2D eigenvalue weighted by molar-refractivity contribution is 5.96. The molecule has 1 aliphatic rings. The average molecular weight is 252 g/mol. The van der Waals surface area contributed by atoms with Crippen molar-refractivity contribution in [2.75, 3.05) is 20.1 Å². The van der Waals surface area contributed by atoms with Crippen molar-refractivity contribution in [3.63, 3.8) is 0 Å². The minimum atomic E-state index is -0.554. The van der Waals surface area contributed by atoms with Crippen LogP contribution < -0.4 is 5.32 Å². The van der Waals surface area contributed by atoms with Gasteiger partial charge in [-0.2, -0.15) is 0 Å². The van der Waals surface area contributed by atoms with Crippen LogP contribution in [0.25, 0.3) is 0 Å². The molecule has 18 heavy (non-hydrogen) atoms. The number of piperidine rings is 1. The molecule has 0 spiro atoms. The molecule has 98 valence electrons. The summed E-state index contributed by atoms with van der Waals surface area (Å²) in [5, 5.41) is 12.4. The molecule has 1 saturated heterocycles. The first kappa shape index (κ1) is 12.8. The van der Waals surface area contributed by atoms with Gasteiger partial charge in [-0.3, -0.25) is 4.79 Å². The fraction of sp³-hybridized carbons (Fsp3) is 0.462. The van der Waals surface area contributed by atoms with Crippen molar-refractivity contribution in [3.05, 3.63) is 29.6 Å². The molecule has 0 radical (unpaired) electrons. The third kappa shape index (κ3) is 2.98. The summed E-state index contributed by atoms with van der Waals surface area (Å²) in [6.45, 7) is 1.84. The summed E-state index contributed by atoms with van der Waals surface area (Å²) in [6.07, 6.45) is 1.97. The molecule has 1 unspecified atom stereocenters. The molecule has 0 aromatic heterocycles.